The van der Waals surface area contributed by atoms with Gasteiger partial charge in [0.2, 0.25) is 11.8 Å². The van der Waals surface area contributed by atoms with Crippen LogP contribution in [0.2, 0.25) is 15.1 Å². The quantitative estimate of drug-likeness (QED) is 0.348. The van der Waals surface area contributed by atoms with Gasteiger partial charge in [-0.3, -0.25) is 9.69 Å². The van der Waals surface area contributed by atoms with E-state index in [2.05, 4.69) is 20.2 Å². The standard InChI is InChI=1S/C28H29Cl3N6O4/c1-16-14-35(10-11-36(16)27(39)41-28(2,3)4)22-9-8-17(12-21(22)31)33-26-32-13-18-24(34-26)40-15-37(25(18)38)23-19(29)6-5-7-20(23)30/h5-9,12-13,16H,10-11,14-15H2,1-4H3,(H,32,33,34). The zero-order chi connectivity index (χ0) is 29.5. The van der Waals surface area contributed by atoms with Crippen LogP contribution >= 0.6 is 34.8 Å². The van der Waals surface area contributed by atoms with Crippen LogP contribution in [0.1, 0.15) is 38.1 Å². The Hall–Kier alpha value is -3.47. The Kier molecular flexibility index (Phi) is 8.09. The summed E-state index contributed by atoms with van der Waals surface area (Å²) in [6.07, 6.45) is 1.08. The van der Waals surface area contributed by atoms with E-state index < -0.39 is 5.60 Å². The summed E-state index contributed by atoms with van der Waals surface area (Å²) in [5, 5.41) is 4.30. The van der Waals surface area contributed by atoms with Gasteiger partial charge in [-0.15, -0.1) is 0 Å². The predicted molar refractivity (Wildman–Crippen MR) is 160 cm³/mol. The Morgan fingerprint density at radius 1 is 1.10 bits per heavy atom. The van der Waals surface area contributed by atoms with E-state index in [1.165, 1.54) is 11.1 Å². The number of piperazine rings is 1. The lowest BCUT2D eigenvalue weighted by atomic mass is 10.1. The third kappa shape index (κ3) is 6.24. The molecule has 1 aromatic heterocycles. The maximum atomic E-state index is 13.1. The summed E-state index contributed by atoms with van der Waals surface area (Å²) in [5.41, 5.74) is 1.52. The van der Waals surface area contributed by atoms with Gasteiger partial charge in [0.25, 0.3) is 5.91 Å². The number of para-hydroxylation sites is 1. The molecule has 2 aliphatic rings. The van der Waals surface area contributed by atoms with E-state index in [0.717, 1.165) is 5.69 Å². The third-order valence-electron chi connectivity index (χ3n) is 6.57. The Bertz CT molecular complexity index is 1480. The van der Waals surface area contributed by atoms with E-state index >= 15 is 0 Å². The zero-order valence-electron chi connectivity index (χ0n) is 23.0. The van der Waals surface area contributed by atoms with Gasteiger partial charge < -0.3 is 24.6 Å². The number of halogens is 3. The molecule has 1 saturated heterocycles. The monoisotopic (exact) mass is 618 g/mol. The van der Waals surface area contributed by atoms with Gasteiger partial charge in [-0.1, -0.05) is 40.9 Å². The average Bonchev–Trinajstić information content (AvgIpc) is 2.89. The lowest BCUT2D eigenvalue weighted by Crippen LogP contribution is -2.55. The number of fused-ring (bicyclic) bond motifs is 1. The molecule has 0 aliphatic carbocycles. The molecule has 0 saturated carbocycles. The van der Waals surface area contributed by atoms with Crippen molar-refractivity contribution in [1.29, 1.82) is 0 Å². The van der Waals surface area contributed by atoms with Crippen LogP contribution < -0.4 is 19.9 Å². The number of anilines is 4. The van der Waals surface area contributed by atoms with Crippen LogP contribution in [0.5, 0.6) is 5.88 Å². The van der Waals surface area contributed by atoms with Crippen LogP contribution in [0.25, 0.3) is 0 Å². The van der Waals surface area contributed by atoms with Gasteiger partial charge in [-0.2, -0.15) is 4.98 Å². The minimum Gasteiger partial charge on any atom is -0.455 e. The summed E-state index contributed by atoms with van der Waals surface area (Å²) < 4.78 is 11.3. The highest BCUT2D eigenvalue weighted by atomic mass is 35.5. The van der Waals surface area contributed by atoms with Crippen LogP contribution in [-0.2, 0) is 4.74 Å². The number of carbonyl (C=O) groups is 2. The summed E-state index contributed by atoms with van der Waals surface area (Å²) in [5.74, 6) is 0.0110. The van der Waals surface area contributed by atoms with E-state index in [1.807, 2.05) is 39.8 Å². The zero-order valence-corrected chi connectivity index (χ0v) is 25.2. The van der Waals surface area contributed by atoms with Gasteiger partial charge in [0.15, 0.2) is 6.73 Å². The summed E-state index contributed by atoms with van der Waals surface area (Å²) in [4.78, 5) is 39.6. The first kappa shape index (κ1) is 29.0. The first-order valence-electron chi connectivity index (χ1n) is 13.0. The second-order valence-corrected chi connectivity index (χ2v) is 12.0. The smallest absolute Gasteiger partial charge is 0.410 e. The molecule has 3 aromatic rings. The normalized spacial score (nSPS) is 17.2. The van der Waals surface area contributed by atoms with Gasteiger partial charge in [-0.25, -0.2) is 9.78 Å². The fourth-order valence-corrected chi connectivity index (χ4v) is 5.57. The first-order valence-corrected chi connectivity index (χ1v) is 14.1. The predicted octanol–water partition coefficient (Wildman–Crippen LogP) is 6.62. The molecule has 1 N–H and O–H groups in total. The number of rotatable bonds is 4. The maximum absolute atomic E-state index is 13.1. The minimum absolute atomic E-state index is 0.0519. The molecule has 1 atom stereocenters. The Labute approximate surface area is 253 Å². The third-order valence-corrected chi connectivity index (χ3v) is 7.48. The molecule has 1 fully saturated rings. The highest BCUT2D eigenvalue weighted by Crippen LogP contribution is 2.37. The number of hydrogen-bond acceptors (Lipinski definition) is 8. The molecule has 41 heavy (non-hydrogen) atoms. The van der Waals surface area contributed by atoms with Crippen LogP contribution in [0, 0.1) is 0 Å². The molecule has 10 nitrogen and oxygen atoms in total. The van der Waals surface area contributed by atoms with Crippen molar-refractivity contribution in [2.24, 2.45) is 0 Å². The number of nitrogens with zero attached hydrogens (tertiary/aromatic N) is 5. The molecule has 2 aliphatic heterocycles. The first-order chi connectivity index (χ1) is 19.4. The van der Waals surface area contributed by atoms with Crippen LogP contribution in [-0.4, -0.2) is 64.9 Å². The van der Waals surface area contributed by atoms with Gasteiger partial charge >= 0.3 is 6.09 Å². The fraction of sp³-hybridized carbons (Fsp3) is 0.357. The Morgan fingerprint density at radius 2 is 1.83 bits per heavy atom. The lowest BCUT2D eigenvalue weighted by Gasteiger charge is -2.41. The van der Waals surface area contributed by atoms with Crippen molar-refractivity contribution in [3.05, 3.63) is 63.2 Å². The van der Waals surface area contributed by atoms with Crippen molar-refractivity contribution in [3.63, 3.8) is 0 Å². The number of benzene rings is 2. The summed E-state index contributed by atoms with van der Waals surface area (Å²) >= 11 is 19.2. The van der Waals surface area contributed by atoms with Crippen molar-refractivity contribution in [1.82, 2.24) is 14.9 Å². The molecule has 1 unspecified atom stereocenters. The van der Waals surface area contributed by atoms with Crippen LogP contribution in [0.3, 0.4) is 0 Å². The number of amides is 2. The fourth-order valence-electron chi connectivity index (χ4n) is 4.66. The van der Waals surface area contributed by atoms with Crippen molar-refractivity contribution >= 4 is 69.8 Å². The van der Waals surface area contributed by atoms with E-state index in [-0.39, 0.29) is 42.2 Å². The molecule has 2 amide bonds. The Balaban J connectivity index is 1.26. The second kappa shape index (κ2) is 11.4. The van der Waals surface area contributed by atoms with Crippen LogP contribution in [0.15, 0.2) is 42.6 Å². The van der Waals surface area contributed by atoms with Gasteiger partial charge in [0.05, 0.1) is 26.4 Å². The Morgan fingerprint density at radius 3 is 2.49 bits per heavy atom. The lowest BCUT2D eigenvalue weighted by molar-refractivity contribution is 0.0159. The van der Waals surface area contributed by atoms with Crippen molar-refractivity contribution < 1.29 is 19.1 Å². The van der Waals surface area contributed by atoms with E-state index in [9.17, 15) is 9.59 Å². The summed E-state index contributed by atoms with van der Waals surface area (Å²) in [7, 11) is 0. The van der Waals surface area contributed by atoms with Crippen molar-refractivity contribution in [2.45, 2.75) is 39.3 Å². The minimum atomic E-state index is -0.547. The SMILES string of the molecule is CC1CN(c2ccc(Nc3ncc4c(n3)OCN(c3c(Cl)cccc3Cl)C4=O)cc2Cl)CCN1C(=O)OC(C)(C)C. The number of aromatic nitrogens is 2. The van der Waals surface area contributed by atoms with E-state index in [1.54, 1.807) is 29.2 Å². The molecule has 0 radical (unpaired) electrons. The number of ether oxygens (including phenoxy) is 2. The molecule has 5 rings (SSSR count). The highest BCUT2D eigenvalue weighted by molar-refractivity contribution is 6.40. The molecule has 0 bridgehead atoms. The van der Waals surface area contributed by atoms with Crippen molar-refractivity contribution in [2.75, 3.05) is 41.5 Å². The number of carbonyl (C=O) groups excluding carboxylic acids is 2. The molecular formula is C28H29Cl3N6O4. The molecule has 3 heterocycles. The molecule has 13 heteroatoms. The van der Waals surface area contributed by atoms with E-state index in [4.69, 9.17) is 44.3 Å². The molecule has 216 valence electrons. The van der Waals surface area contributed by atoms with Crippen LogP contribution in [0.4, 0.5) is 27.8 Å². The van der Waals surface area contributed by atoms with E-state index in [0.29, 0.717) is 46.1 Å². The van der Waals surface area contributed by atoms with Gasteiger partial charge in [0.1, 0.15) is 11.2 Å². The topological polar surface area (TPSA) is 100 Å². The highest BCUT2D eigenvalue weighted by Gasteiger charge is 2.33. The summed E-state index contributed by atoms with van der Waals surface area (Å²) in [6, 6.07) is 10.5. The average molecular weight is 620 g/mol. The second-order valence-electron chi connectivity index (χ2n) is 10.7. The van der Waals surface area contributed by atoms with Gasteiger partial charge in [0, 0.05) is 37.6 Å². The largest absolute Gasteiger partial charge is 0.455 e. The summed E-state index contributed by atoms with van der Waals surface area (Å²) in [6.45, 7) is 9.20. The maximum Gasteiger partial charge on any atom is 0.410 e. The van der Waals surface area contributed by atoms with Gasteiger partial charge in [-0.05, 0) is 58.0 Å². The molecule has 2 aromatic carbocycles. The molecular weight excluding hydrogens is 591 g/mol. The number of hydrogen-bond donors (Lipinski definition) is 1. The number of nitrogens with one attached hydrogen (secondary N) is 1. The van der Waals surface area contributed by atoms with Crippen molar-refractivity contribution in [3.8, 4) is 5.88 Å². The molecule has 0 spiro atoms.